The molecule has 2 aromatic heterocycles. The summed E-state index contributed by atoms with van der Waals surface area (Å²) in [5.74, 6) is 0. The number of hydrogen-bond donors (Lipinski definition) is 0. The van der Waals surface area contributed by atoms with Crippen LogP contribution in [0.1, 0.15) is 5.56 Å². The number of benzene rings is 1. The summed E-state index contributed by atoms with van der Waals surface area (Å²) < 4.78 is 10.7. The van der Waals surface area contributed by atoms with Crippen molar-refractivity contribution in [2.45, 2.75) is 6.92 Å². The second-order valence-corrected chi connectivity index (χ2v) is 5.03. The molecule has 0 saturated carbocycles. The Bertz CT molecular complexity index is 786. The maximum atomic E-state index is 5.78. The molecule has 0 radical (unpaired) electrons. The molecule has 1 aromatic carbocycles. The zero-order chi connectivity index (χ0) is 12.7. The third-order valence-corrected chi connectivity index (χ3v) is 3.62. The number of hydrogen-bond acceptors (Lipinski definition) is 1. The van der Waals surface area contributed by atoms with Gasteiger partial charge in [0, 0.05) is 0 Å². The zero-order valence-corrected chi connectivity index (χ0v) is 12.0. The third kappa shape index (κ3) is 1.65. The number of oxazole rings is 1. The van der Waals surface area contributed by atoms with Crippen molar-refractivity contribution < 1.29 is 8.98 Å². The Balaban J connectivity index is 2.47. The Morgan fingerprint density at radius 3 is 2.72 bits per heavy atom. The summed E-state index contributed by atoms with van der Waals surface area (Å²) in [6.45, 7) is 2.10. The molecule has 0 saturated heterocycles. The quantitative estimate of drug-likeness (QED) is 0.498. The molecular weight excluding hydrogens is 291 g/mol. The Labute approximate surface area is 113 Å². The standard InChI is InChI=1S/C14H13N2OSe/c1-10-6-3-4-7-11(10)16-13-12(17-14(16)18)8-5-9-15(13)2/h3-9H,1-2H3/q+1. The van der Waals surface area contributed by atoms with Crippen molar-refractivity contribution >= 4 is 26.8 Å². The van der Waals surface area contributed by atoms with Crippen LogP contribution in [0.15, 0.2) is 47.0 Å². The molecule has 0 atom stereocenters. The van der Waals surface area contributed by atoms with Gasteiger partial charge in [0.05, 0.1) is 0 Å². The molecule has 3 aromatic rings. The molecule has 0 amide bonds. The molecule has 0 aliphatic rings. The van der Waals surface area contributed by atoms with Crippen molar-refractivity contribution in [2.75, 3.05) is 0 Å². The second-order valence-electron chi connectivity index (χ2n) is 4.30. The molecule has 2 heterocycles. The number of pyridine rings is 1. The predicted molar refractivity (Wildman–Crippen MR) is 70.5 cm³/mol. The number of nitrogens with zero attached hydrogens (tertiary/aromatic N) is 2. The van der Waals surface area contributed by atoms with Crippen LogP contribution >= 0.6 is 0 Å². The number of rotatable bonds is 1. The SMILES string of the molecule is Cc1ccccc1-n1c(=[Se])oc2ccc[n+](C)c21. The van der Waals surface area contributed by atoms with Crippen molar-refractivity contribution in [3.05, 3.63) is 52.5 Å². The van der Waals surface area contributed by atoms with E-state index in [4.69, 9.17) is 4.42 Å². The minimum absolute atomic E-state index is 0.765. The van der Waals surface area contributed by atoms with E-state index in [0.29, 0.717) is 0 Å². The van der Waals surface area contributed by atoms with E-state index in [0.717, 1.165) is 21.3 Å². The van der Waals surface area contributed by atoms with E-state index in [1.807, 2.05) is 37.5 Å². The first-order chi connectivity index (χ1) is 8.68. The Kier molecular flexibility index (Phi) is 2.69. The van der Waals surface area contributed by atoms with Gasteiger partial charge >= 0.3 is 113 Å². The molecule has 3 nitrogen and oxygen atoms in total. The third-order valence-electron chi connectivity index (χ3n) is 3.06. The van der Waals surface area contributed by atoms with Gasteiger partial charge in [-0.25, -0.2) is 0 Å². The number of aromatic nitrogens is 2. The molecule has 0 aliphatic heterocycles. The van der Waals surface area contributed by atoms with Crippen molar-refractivity contribution in [3.8, 4) is 5.69 Å². The van der Waals surface area contributed by atoms with Crippen molar-refractivity contribution in [1.29, 1.82) is 0 Å². The summed E-state index contributed by atoms with van der Waals surface area (Å²) in [6, 6.07) is 12.2. The fraction of sp³-hybridized carbons (Fsp3) is 0.143. The van der Waals surface area contributed by atoms with Gasteiger partial charge in [-0.2, -0.15) is 0 Å². The fourth-order valence-electron chi connectivity index (χ4n) is 2.18. The van der Waals surface area contributed by atoms with Crippen LogP contribution in [-0.4, -0.2) is 20.1 Å². The summed E-state index contributed by atoms with van der Waals surface area (Å²) in [5, 5.41) is 0. The number of fused-ring (bicyclic) bond motifs is 1. The second kappa shape index (κ2) is 4.23. The van der Waals surface area contributed by atoms with E-state index in [1.165, 1.54) is 5.56 Å². The van der Waals surface area contributed by atoms with Crippen LogP contribution in [0, 0.1) is 11.3 Å². The molecule has 0 unspecified atom stereocenters. The van der Waals surface area contributed by atoms with Gasteiger partial charge in [-0.05, 0) is 0 Å². The van der Waals surface area contributed by atoms with Gasteiger partial charge in [0.2, 0.25) is 0 Å². The number of aryl methyl sites for hydroxylation is 2. The Morgan fingerprint density at radius 1 is 1.17 bits per heavy atom. The zero-order valence-electron chi connectivity index (χ0n) is 10.3. The molecule has 18 heavy (non-hydrogen) atoms. The van der Waals surface area contributed by atoms with E-state index < -0.39 is 0 Å². The summed E-state index contributed by atoms with van der Waals surface area (Å²) in [5.41, 5.74) is 4.26. The van der Waals surface area contributed by atoms with Crippen LogP contribution in [0.3, 0.4) is 0 Å². The average molecular weight is 304 g/mol. The molecule has 0 fully saturated rings. The minimum atomic E-state index is 0.765. The molecule has 4 heteroatoms. The van der Waals surface area contributed by atoms with Crippen LogP contribution < -0.4 is 4.57 Å². The van der Waals surface area contributed by atoms with E-state index in [2.05, 4.69) is 43.8 Å². The summed E-state index contributed by atoms with van der Waals surface area (Å²) in [4.78, 5) is 0. The molecular formula is C14H13N2OSe+. The van der Waals surface area contributed by atoms with Crippen molar-refractivity contribution in [2.24, 2.45) is 7.05 Å². The number of para-hydroxylation sites is 1. The summed E-state index contributed by atoms with van der Waals surface area (Å²) in [6.07, 6.45) is 2.02. The van der Waals surface area contributed by atoms with Gasteiger partial charge in [-0.15, -0.1) is 0 Å². The van der Waals surface area contributed by atoms with Gasteiger partial charge in [0.25, 0.3) is 0 Å². The Morgan fingerprint density at radius 2 is 1.94 bits per heavy atom. The van der Waals surface area contributed by atoms with Gasteiger partial charge in [0.15, 0.2) is 0 Å². The van der Waals surface area contributed by atoms with E-state index in [-0.39, 0.29) is 0 Å². The summed E-state index contributed by atoms with van der Waals surface area (Å²) in [7, 11) is 2.02. The normalized spacial score (nSPS) is 11.0. The van der Waals surface area contributed by atoms with E-state index in [9.17, 15) is 0 Å². The molecule has 90 valence electrons. The first kappa shape index (κ1) is 11.4. The van der Waals surface area contributed by atoms with Crippen LogP contribution in [0.4, 0.5) is 0 Å². The molecule has 0 bridgehead atoms. The molecule has 3 rings (SSSR count). The Hall–Kier alpha value is -1.64. The monoisotopic (exact) mass is 305 g/mol. The summed E-state index contributed by atoms with van der Waals surface area (Å²) >= 11 is 3.00. The first-order valence-corrected chi connectivity index (χ1v) is 6.60. The topological polar surface area (TPSA) is 21.9 Å². The van der Waals surface area contributed by atoms with E-state index >= 15 is 0 Å². The molecule has 0 N–H and O–H groups in total. The van der Waals surface area contributed by atoms with Crippen molar-refractivity contribution in [1.82, 2.24) is 4.57 Å². The maximum absolute atomic E-state index is 5.78. The van der Waals surface area contributed by atoms with Crippen LogP contribution in [0.2, 0.25) is 0 Å². The van der Waals surface area contributed by atoms with Gasteiger partial charge < -0.3 is 0 Å². The van der Waals surface area contributed by atoms with Gasteiger partial charge in [-0.3, -0.25) is 0 Å². The van der Waals surface area contributed by atoms with Crippen LogP contribution in [0.5, 0.6) is 0 Å². The molecule has 0 aliphatic carbocycles. The van der Waals surface area contributed by atoms with Crippen molar-refractivity contribution in [3.63, 3.8) is 0 Å². The molecule has 0 spiro atoms. The van der Waals surface area contributed by atoms with Gasteiger partial charge in [0.1, 0.15) is 0 Å². The van der Waals surface area contributed by atoms with Crippen LogP contribution in [0.25, 0.3) is 16.9 Å². The average Bonchev–Trinajstić information content (AvgIpc) is 2.68. The van der Waals surface area contributed by atoms with Crippen LogP contribution in [-0.2, 0) is 7.05 Å². The fourth-order valence-corrected chi connectivity index (χ4v) is 2.76. The first-order valence-electron chi connectivity index (χ1n) is 5.74. The van der Waals surface area contributed by atoms with Gasteiger partial charge in [-0.1, -0.05) is 0 Å². The van der Waals surface area contributed by atoms with E-state index in [1.54, 1.807) is 0 Å². The predicted octanol–water partition coefficient (Wildman–Crippen LogP) is 2.06.